The monoisotopic (exact) mass is 391 g/mol. The highest BCUT2D eigenvalue weighted by molar-refractivity contribution is 9.10. The molecule has 2 aromatic carbocycles. The van der Waals surface area contributed by atoms with E-state index in [0.29, 0.717) is 21.4 Å². The van der Waals surface area contributed by atoms with E-state index in [1.165, 1.54) is 35.0 Å². The normalized spacial score (nSPS) is 10.6. The van der Waals surface area contributed by atoms with Gasteiger partial charge < -0.3 is 5.32 Å². The fourth-order valence-corrected chi connectivity index (χ4v) is 2.65. The van der Waals surface area contributed by atoms with Crippen LogP contribution in [0.15, 0.2) is 59.3 Å². The number of hydrogen-bond donors (Lipinski definition) is 1. The maximum Gasteiger partial charge on any atom is 0.228 e. The van der Waals surface area contributed by atoms with Gasteiger partial charge in [0.25, 0.3) is 0 Å². The van der Waals surface area contributed by atoms with Crippen molar-refractivity contribution in [1.29, 1.82) is 0 Å². The largest absolute Gasteiger partial charge is 0.326 e. The van der Waals surface area contributed by atoms with Crippen molar-refractivity contribution in [3.63, 3.8) is 0 Å². The predicted octanol–water partition coefficient (Wildman–Crippen LogP) is 4.09. The Morgan fingerprint density at radius 1 is 1.17 bits per heavy atom. The topological polar surface area (TPSA) is 46.9 Å². The highest BCUT2D eigenvalue weighted by Crippen LogP contribution is 2.19. The minimum atomic E-state index is -0.499. The van der Waals surface area contributed by atoms with Crippen LogP contribution in [0.1, 0.15) is 5.56 Å². The standard InChI is InChI=1S/C17H12BrF2N3O/c18-13-8-11(2-4-14(13)19)9-17(24)22-12-3-5-16(15(20)10-12)23-7-1-6-21-23/h1-8,10H,9H2,(H,22,24). The van der Waals surface area contributed by atoms with Gasteiger partial charge in [-0.25, -0.2) is 13.5 Å². The molecule has 0 bridgehead atoms. The molecule has 0 aliphatic rings. The molecule has 1 heterocycles. The zero-order chi connectivity index (χ0) is 17.1. The second-order valence-corrected chi connectivity index (χ2v) is 5.94. The smallest absolute Gasteiger partial charge is 0.228 e. The van der Waals surface area contributed by atoms with E-state index >= 15 is 0 Å². The first kappa shape index (κ1) is 16.3. The van der Waals surface area contributed by atoms with Crippen molar-refractivity contribution < 1.29 is 13.6 Å². The number of anilines is 1. The van der Waals surface area contributed by atoms with Crippen LogP contribution in [0.5, 0.6) is 0 Å². The molecule has 122 valence electrons. The number of rotatable bonds is 4. The van der Waals surface area contributed by atoms with Crippen molar-refractivity contribution in [1.82, 2.24) is 9.78 Å². The van der Waals surface area contributed by atoms with Gasteiger partial charge in [0.05, 0.1) is 10.9 Å². The van der Waals surface area contributed by atoms with Crippen LogP contribution in [-0.2, 0) is 11.2 Å². The molecular weight excluding hydrogens is 380 g/mol. The molecule has 3 aromatic rings. The van der Waals surface area contributed by atoms with E-state index in [1.807, 2.05) is 0 Å². The second-order valence-electron chi connectivity index (χ2n) is 5.09. The fraction of sp³-hybridized carbons (Fsp3) is 0.0588. The Morgan fingerprint density at radius 2 is 2.00 bits per heavy atom. The minimum absolute atomic E-state index is 0.0570. The maximum atomic E-state index is 14.1. The van der Waals surface area contributed by atoms with Gasteiger partial charge in [-0.2, -0.15) is 5.10 Å². The molecule has 0 radical (unpaired) electrons. The Labute approximate surface area is 145 Å². The van der Waals surface area contributed by atoms with Gasteiger partial charge in [-0.3, -0.25) is 4.79 Å². The van der Waals surface area contributed by atoms with Gasteiger partial charge >= 0.3 is 0 Å². The first-order valence-corrected chi connectivity index (χ1v) is 7.85. The molecule has 7 heteroatoms. The van der Waals surface area contributed by atoms with Crippen molar-refractivity contribution in [3.8, 4) is 5.69 Å². The Kier molecular flexibility index (Phi) is 4.71. The SMILES string of the molecule is O=C(Cc1ccc(F)c(Br)c1)Nc1ccc(-n2cccn2)c(F)c1. The zero-order valence-electron chi connectivity index (χ0n) is 12.3. The van der Waals surface area contributed by atoms with Crippen LogP contribution in [-0.4, -0.2) is 15.7 Å². The third kappa shape index (κ3) is 3.68. The molecule has 1 amide bonds. The predicted molar refractivity (Wildman–Crippen MR) is 90.0 cm³/mol. The first-order valence-electron chi connectivity index (χ1n) is 7.06. The maximum absolute atomic E-state index is 14.1. The molecule has 4 nitrogen and oxygen atoms in total. The summed E-state index contributed by atoms with van der Waals surface area (Å²) in [5, 5.41) is 6.58. The average Bonchev–Trinajstić information content (AvgIpc) is 3.05. The molecule has 0 aliphatic heterocycles. The number of amides is 1. The summed E-state index contributed by atoms with van der Waals surface area (Å²) in [4.78, 5) is 12.0. The van der Waals surface area contributed by atoms with Crippen molar-refractivity contribution in [2.24, 2.45) is 0 Å². The lowest BCUT2D eigenvalue weighted by Crippen LogP contribution is -2.14. The van der Waals surface area contributed by atoms with Crippen molar-refractivity contribution in [2.75, 3.05) is 5.32 Å². The van der Waals surface area contributed by atoms with E-state index in [-0.39, 0.29) is 12.3 Å². The number of carbonyl (C=O) groups excluding carboxylic acids is 1. The molecule has 3 rings (SSSR count). The Morgan fingerprint density at radius 3 is 2.67 bits per heavy atom. The lowest BCUT2D eigenvalue weighted by Gasteiger charge is -2.08. The summed E-state index contributed by atoms with van der Waals surface area (Å²) in [6, 6.07) is 10.4. The molecular formula is C17H12BrF2N3O. The summed E-state index contributed by atoms with van der Waals surface area (Å²) < 4.78 is 29.0. The molecule has 1 aromatic heterocycles. The van der Waals surface area contributed by atoms with Gasteiger partial charge in [-0.05, 0) is 57.9 Å². The van der Waals surface area contributed by atoms with E-state index in [4.69, 9.17) is 0 Å². The van der Waals surface area contributed by atoms with Crippen LogP contribution in [0.3, 0.4) is 0 Å². The second kappa shape index (κ2) is 6.92. The molecule has 0 atom stereocenters. The minimum Gasteiger partial charge on any atom is -0.326 e. The highest BCUT2D eigenvalue weighted by atomic mass is 79.9. The third-order valence-electron chi connectivity index (χ3n) is 3.33. The molecule has 0 saturated carbocycles. The number of carbonyl (C=O) groups is 1. The molecule has 0 spiro atoms. The molecule has 24 heavy (non-hydrogen) atoms. The summed E-state index contributed by atoms with van der Waals surface area (Å²) >= 11 is 3.07. The van der Waals surface area contributed by atoms with Crippen LogP contribution in [0.2, 0.25) is 0 Å². The molecule has 0 fully saturated rings. The van der Waals surface area contributed by atoms with E-state index < -0.39 is 11.6 Å². The van der Waals surface area contributed by atoms with Gasteiger partial charge in [0, 0.05) is 18.1 Å². The van der Waals surface area contributed by atoms with E-state index in [0.717, 1.165) is 0 Å². The van der Waals surface area contributed by atoms with Crippen LogP contribution in [0.25, 0.3) is 5.69 Å². The molecule has 0 saturated heterocycles. The molecule has 1 N–H and O–H groups in total. The van der Waals surface area contributed by atoms with Crippen molar-refractivity contribution >= 4 is 27.5 Å². The number of nitrogens with one attached hydrogen (secondary N) is 1. The van der Waals surface area contributed by atoms with Crippen molar-refractivity contribution in [2.45, 2.75) is 6.42 Å². The summed E-state index contributed by atoms with van der Waals surface area (Å²) in [7, 11) is 0. The van der Waals surface area contributed by atoms with Crippen LogP contribution < -0.4 is 5.32 Å². The van der Waals surface area contributed by atoms with Crippen LogP contribution >= 0.6 is 15.9 Å². The van der Waals surface area contributed by atoms with Gasteiger partial charge in [0.1, 0.15) is 11.5 Å². The highest BCUT2D eigenvalue weighted by Gasteiger charge is 2.10. The van der Waals surface area contributed by atoms with E-state index in [2.05, 4.69) is 26.3 Å². The van der Waals surface area contributed by atoms with E-state index in [9.17, 15) is 13.6 Å². The third-order valence-corrected chi connectivity index (χ3v) is 3.94. The number of nitrogens with zero attached hydrogens (tertiary/aromatic N) is 2. The van der Waals surface area contributed by atoms with Gasteiger partial charge in [0.15, 0.2) is 5.82 Å². The first-order chi connectivity index (χ1) is 11.5. The van der Waals surface area contributed by atoms with Gasteiger partial charge in [0.2, 0.25) is 5.91 Å². The summed E-state index contributed by atoms with van der Waals surface area (Å²) in [5.74, 6) is -1.21. The number of benzene rings is 2. The molecule has 0 unspecified atom stereocenters. The van der Waals surface area contributed by atoms with E-state index in [1.54, 1.807) is 24.5 Å². The van der Waals surface area contributed by atoms with Gasteiger partial charge in [-0.1, -0.05) is 6.07 Å². The lowest BCUT2D eigenvalue weighted by atomic mass is 10.1. The Balaban J connectivity index is 1.70. The lowest BCUT2D eigenvalue weighted by molar-refractivity contribution is -0.115. The quantitative estimate of drug-likeness (QED) is 0.727. The van der Waals surface area contributed by atoms with Gasteiger partial charge in [-0.15, -0.1) is 0 Å². The fourth-order valence-electron chi connectivity index (χ4n) is 2.22. The summed E-state index contributed by atoms with van der Waals surface area (Å²) in [6.07, 6.45) is 3.24. The Bertz CT molecular complexity index is 882. The summed E-state index contributed by atoms with van der Waals surface area (Å²) in [6.45, 7) is 0. The number of aromatic nitrogens is 2. The molecule has 0 aliphatic carbocycles. The average molecular weight is 392 g/mol. The van der Waals surface area contributed by atoms with Crippen LogP contribution in [0, 0.1) is 11.6 Å². The number of hydrogen-bond acceptors (Lipinski definition) is 2. The van der Waals surface area contributed by atoms with Crippen molar-refractivity contribution in [3.05, 3.63) is 76.5 Å². The summed E-state index contributed by atoms with van der Waals surface area (Å²) in [5.41, 5.74) is 1.28. The zero-order valence-corrected chi connectivity index (χ0v) is 13.9. The Hall–Kier alpha value is -2.54. The van der Waals surface area contributed by atoms with Crippen LogP contribution in [0.4, 0.5) is 14.5 Å². The number of halogens is 3.